The Morgan fingerprint density at radius 1 is 1.27 bits per heavy atom. The number of carbonyl (C=O) groups is 3. The molecule has 1 aromatic rings. The molecular formula is C21H25FN4O4. The van der Waals surface area contributed by atoms with Crippen molar-refractivity contribution in [2.45, 2.75) is 19.4 Å². The number of urea groups is 1. The van der Waals surface area contributed by atoms with Crippen LogP contribution in [-0.2, 0) is 14.3 Å². The van der Waals surface area contributed by atoms with E-state index in [-0.39, 0.29) is 37.4 Å². The Hall–Kier alpha value is -2.94. The number of rotatable bonds is 5. The second-order valence-corrected chi connectivity index (χ2v) is 7.51. The Kier molecular flexibility index (Phi) is 5.72. The summed E-state index contributed by atoms with van der Waals surface area (Å²) in [6, 6.07) is 4.87. The first kappa shape index (κ1) is 20.3. The molecule has 0 bridgehead atoms. The Morgan fingerprint density at radius 3 is 2.73 bits per heavy atom. The quantitative estimate of drug-likeness (QED) is 0.784. The molecule has 4 rings (SSSR count). The molecule has 1 aromatic carbocycles. The van der Waals surface area contributed by atoms with Crippen LogP contribution in [0.4, 0.5) is 9.18 Å². The maximum absolute atomic E-state index is 13.8. The van der Waals surface area contributed by atoms with Crippen LogP contribution in [0.3, 0.4) is 0 Å². The van der Waals surface area contributed by atoms with Crippen molar-refractivity contribution >= 4 is 17.8 Å². The van der Waals surface area contributed by atoms with Gasteiger partial charge in [-0.1, -0.05) is 12.1 Å². The first-order valence-electron chi connectivity index (χ1n) is 10.2. The van der Waals surface area contributed by atoms with E-state index in [4.69, 9.17) is 4.74 Å². The first-order valence-corrected chi connectivity index (χ1v) is 10.2. The van der Waals surface area contributed by atoms with E-state index in [9.17, 15) is 18.8 Å². The largest absolute Gasteiger partial charge is 0.378 e. The second kappa shape index (κ2) is 8.43. The minimum Gasteiger partial charge on any atom is -0.378 e. The summed E-state index contributed by atoms with van der Waals surface area (Å²) in [4.78, 5) is 43.2. The molecule has 9 heteroatoms. The lowest BCUT2D eigenvalue weighted by Gasteiger charge is -2.32. The molecule has 0 aliphatic carbocycles. The molecule has 1 fully saturated rings. The van der Waals surface area contributed by atoms with Crippen molar-refractivity contribution in [3.8, 4) is 0 Å². The van der Waals surface area contributed by atoms with Crippen LogP contribution in [0.15, 0.2) is 35.5 Å². The number of likely N-dealkylation sites (N-methyl/N-ethyl adjacent to an activating group) is 1. The number of amides is 4. The van der Waals surface area contributed by atoms with Gasteiger partial charge in [0, 0.05) is 32.6 Å². The molecule has 3 aliphatic rings. The van der Waals surface area contributed by atoms with E-state index in [2.05, 4.69) is 5.32 Å². The molecule has 1 N–H and O–H groups in total. The van der Waals surface area contributed by atoms with Crippen LogP contribution < -0.4 is 5.32 Å². The number of ether oxygens (including phenoxy) is 1. The van der Waals surface area contributed by atoms with Crippen LogP contribution >= 0.6 is 0 Å². The summed E-state index contributed by atoms with van der Waals surface area (Å²) in [5, 5.41) is 2.83. The summed E-state index contributed by atoms with van der Waals surface area (Å²) in [6.45, 7) is 4.95. The van der Waals surface area contributed by atoms with Crippen LogP contribution in [0.2, 0.25) is 0 Å². The van der Waals surface area contributed by atoms with Crippen LogP contribution in [0.5, 0.6) is 0 Å². The smallest absolute Gasteiger partial charge is 0.322 e. The van der Waals surface area contributed by atoms with E-state index in [1.54, 1.807) is 21.9 Å². The summed E-state index contributed by atoms with van der Waals surface area (Å²) < 4.78 is 19.0. The average molecular weight is 416 g/mol. The number of carbonyl (C=O) groups excluding carboxylic acids is 3. The minimum absolute atomic E-state index is 0.0146. The number of hydrogen-bond donors (Lipinski definition) is 1. The maximum Gasteiger partial charge on any atom is 0.322 e. The second-order valence-electron chi connectivity index (χ2n) is 7.51. The van der Waals surface area contributed by atoms with Crippen LogP contribution in [-0.4, -0.2) is 78.5 Å². The molecule has 1 saturated heterocycles. The molecule has 3 heterocycles. The molecule has 1 unspecified atom stereocenters. The number of halogens is 1. The highest BCUT2D eigenvalue weighted by molar-refractivity contribution is 6.01. The highest BCUT2D eigenvalue weighted by Gasteiger charge is 2.43. The highest BCUT2D eigenvalue weighted by atomic mass is 19.1. The van der Waals surface area contributed by atoms with Crippen molar-refractivity contribution in [1.29, 1.82) is 0 Å². The van der Waals surface area contributed by atoms with Gasteiger partial charge in [0.25, 0.3) is 5.91 Å². The number of nitrogens with zero attached hydrogens (tertiary/aromatic N) is 3. The number of nitrogens with one attached hydrogen (secondary N) is 1. The van der Waals surface area contributed by atoms with E-state index in [0.29, 0.717) is 49.7 Å². The van der Waals surface area contributed by atoms with Crippen LogP contribution in [0.1, 0.15) is 24.9 Å². The third-order valence-electron chi connectivity index (χ3n) is 5.75. The van der Waals surface area contributed by atoms with Gasteiger partial charge in [-0.05, 0) is 24.6 Å². The van der Waals surface area contributed by atoms with Crippen molar-refractivity contribution in [2.24, 2.45) is 0 Å². The van der Waals surface area contributed by atoms with Gasteiger partial charge < -0.3 is 19.9 Å². The highest BCUT2D eigenvalue weighted by Crippen LogP contribution is 2.36. The Balaban J connectivity index is 1.53. The van der Waals surface area contributed by atoms with Crippen LogP contribution in [0, 0.1) is 5.82 Å². The molecule has 1 atom stereocenters. The molecule has 160 valence electrons. The van der Waals surface area contributed by atoms with Gasteiger partial charge in [0.05, 0.1) is 37.1 Å². The Labute approximate surface area is 174 Å². The normalized spacial score (nSPS) is 21.8. The number of hydrogen-bond acceptors (Lipinski definition) is 4. The maximum atomic E-state index is 13.8. The van der Waals surface area contributed by atoms with E-state index in [0.717, 1.165) is 0 Å². The van der Waals surface area contributed by atoms with Crippen molar-refractivity contribution < 1.29 is 23.5 Å². The van der Waals surface area contributed by atoms with Crippen molar-refractivity contribution in [3.05, 3.63) is 46.9 Å². The van der Waals surface area contributed by atoms with Gasteiger partial charge in [-0.2, -0.15) is 0 Å². The lowest BCUT2D eigenvalue weighted by atomic mass is 9.95. The number of benzene rings is 1. The van der Waals surface area contributed by atoms with E-state index in [1.807, 2.05) is 6.92 Å². The Bertz CT molecular complexity index is 897. The van der Waals surface area contributed by atoms with Gasteiger partial charge in [-0.15, -0.1) is 0 Å². The average Bonchev–Trinajstić information content (AvgIpc) is 3.08. The van der Waals surface area contributed by atoms with Gasteiger partial charge >= 0.3 is 6.03 Å². The summed E-state index contributed by atoms with van der Waals surface area (Å²) in [7, 11) is 0. The van der Waals surface area contributed by atoms with E-state index < -0.39 is 11.9 Å². The predicted octanol–water partition coefficient (Wildman–Crippen LogP) is 1.26. The van der Waals surface area contributed by atoms with Crippen molar-refractivity contribution in [3.63, 3.8) is 0 Å². The topological polar surface area (TPSA) is 82.2 Å². The van der Waals surface area contributed by atoms with Gasteiger partial charge in [0.15, 0.2) is 0 Å². The van der Waals surface area contributed by atoms with E-state index >= 15 is 0 Å². The molecular weight excluding hydrogens is 391 g/mol. The fraction of sp³-hybridized carbons (Fsp3) is 0.476. The van der Waals surface area contributed by atoms with Crippen LogP contribution in [0.25, 0.3) is 0 Å². The third kappa shape index (κ3) is 3.77. The standard InChI is InChI=1S/C21H25FN4O4/c1-2-26-16-13-25(7-6-17(27)24-8-10-30-11-9-24)20(28)18(16)19(23-21(26)29)14-4-3-5-15(22)12-14/h3-5,12,19H,2,6-11,13H2,1H3,(H,23,29). The molecule has 30 heavy (non-hydrogen) atoms. The van der Waals surface area contributed by atoms with Gasteiger partial charge in [-0.25, -0.2) is 9.18 Å². The summed E-state index contributed by atoms with van der Waals surface area (Å²) >= 11 is 0. The predicted molar refractivity (Wildman–Crippen MR) is 106 cm³/mol. The summed E-state index contributed by atoms with van der Waals surface area (Å²) in [5.41, 5.74) is 1.59. The first-order chi connectivity index (χ1) is 14.5. The molecule has 0 radical (unpaired) electrons. The van der Waals surface area contributed by atoms with Crippen molar-refractivity contribution in [1.82, 2.24) is 20.0 Å². The summed E-state index contributed by atoms with van der Waals surface area (Å²) in [5.74, 6) is -0.674. The van der Waals surface area contributed by atoms with Gasteiger partial charge in [0.2, 0.25) is 5.91 Å². The zero-order valence-electron chi connectivity index (χ0n) is 16.9. The molecule has 0 aromatic heterocycles. The fourth-order valence-electron chi connectivity index (χ4n) is 4.20. The van der Waals surface area contributed by atoms with Gasteiger partial charge in [0.1, 0.15) is 5.82 Å². The summed E-state index contributed by atoms with van der Waals surface area (Å²) in [6.07, 6.45) is 0.213. The fourth-order valence-corrected chi connectivity index (χ4v) is 4.20. The molecule has 0 spiro atoms. The van der Waals surface area contributed by atoms with Gasteiger partial charge in [-0.3, -0.25) is 14.5 Å². The zero-order chi connectivity index (χ0) is 21.3. The number of morpholine rings is 1. The SMILES string of the molecule is CCN1C(=O)NC(c2cccc(F)c2)C2=C1CN(CCC(=O)N1CCOCC1)C2=O. The third-order valence-corrected chi connectivity index (χ3v) is 5.75. The zero-order valence-corrected chi connectivity index (χ0v) is 16.9. The molecule has 4 amide bonds. The molecule has 0 saturated carbocycles. The Morgan fingerprint density at radius 2 is 2.03 bits per heavy atom. The van der Waals surface area contributed by atoms with Crippen molar-refractivity contribution in [2.75, 3.05) is 45.9 Å². The minimum atomic E-state index is -0.710. The lowest BCUT2D eigenvalue weighted by molar-refractivity contribution is -0.136. The molecule has 8 nitrogen and oxygen atoms in total. The van der Waals surface area contributed by atoms with E-state index in [1.165, 1.54) is 17.0 Å². The molecule has 3 aliphatic heterocycles. The monoisotopic (exact) mass is 416 g/mol. The lowest BCUT2D eigenvalue weighted by Crippen LogP contribution is -2.47.